The van der Waals surface area contributed by atoms with Gasteiger partial charge in [-0.25, -0.2) is 0 Å². The number of fused-ring (bicyclic) bond motifs is 1. The molecule has 0 bridgehead atoms. The van der Waals surface area contributed by atoms with Crippen LogP contribution in [0.15, 0.2) is 11.4 Å². The van der Waals surface area contributed by atoms with Crippen LogP contribution in [0.5, 0.6) is 0 Å². The third-order valence-electron chi connectivity index (χ3n) is 4.41. The molecule has 0 saturated carbocycles. The Labute approximate surface area is 130 Å². The second kappa shape index (κ2) is 5.81. The first kappa shape index (κ1) is 14.6. The molecule has 1 aliphatic heterocycles. The highest BCUT2D eigenvalue weighted by molar-refractivity contribution is 7.10. The van der Waals surface area contributed by atoms with E-state index in [4.69, 9.17) is 5.73 Å². The highest BCUT2D eigenvalue weighted by atomic mass is 32.1. The van der Waals surface area contributed by atoms with E-state index >= 15 is 0 Å². The third-order valence-corrected chi connectivity index (χ3v) is 5.43. The first-order valence-corrected chi connectivity index (χ1v) is 8.56. The van der Waals surface area contributed by atoms with Crippen LogP contribution in [0.3, 0.4) is 0 Å². The first-order chi connectivity index (χ1) is 10.1. The molecule has 0 aliphatic carbocycles. The van der Waals surface area contributed by atoms with Gasteiger partial charge in [0.05, 0.1) is 5.69 Å². The summed E-state index contributed by atoms with van der Waals surface area (Å²) in [4.78, 5) is 4.00. The summed E-state index contributed by atoms with van der Waals surface area (Å²) in [6.45, 7) is 6.31. The summed E-state index contributed by atoms with van der Waals surface area (Å²) in [6.07, 6.45) is 3.05. The van der Waals surface area contributed by atoms with Crippen LogP contribution < -0.4 is 10.6 Å². The van der Waals surface area contributed by atoms with Crippen LogP contribution in [-0.2, 0) is 26.4 Å². The monoisotopic (exact) mass is 304 g/mol. The number of rotatable bonds is 4. The van der Waals surface area contributed by atoms with Gasteiger partial charge in [0.2, 0.25) is 0 Å². The molecule has 3 heterocycles. The zero-order chi connectivity index (χ0) is 15.0. The van der Waals surface area contributed by atoms with Crippen LogP contribution in [0.2, 0.25) is 0 Å². The smallest absolute Gasteiger partial charge is 0.130 e. The van der Waals surface area contributed by atoms with Gasteiger partial charge in [0.15, 0.2) is 0 Å². The maximum atomic E-state index is 6.19. The van der Waals surface area contributed by atoms with Crippen molar-refractivity contribution in [2.24, 2.45) is 12.8 Å². The van der Waals surface area contributed by atoms with Gasteiger partial charge in [0.25, 0.3) is 0 Å². The molecule has 0 aromatic carbocycles. The molecule has 0 amide bonds. The number of nitrogens with two attached hydrogens (primary N) is 1. The number of thiophene rings is 1. The van der Waals surface area contributed by atoms with Crippen molar-refractivity contribution >= 4 is 17.2 Å². The molecule has 1 atom stereocenters. The van der Waals surface area contributed by atoms with Gasteiger partial charge in [-0.3, -0.25) is 4.68 Å². The molecule has 1 unspecified atom stereocenters. The second-order valence-corrected chi connectivity index (χ2v) is 6.92. The van der Waals surface area contributed by atoms with E-state index in [-0.39, 0.29) is 6.04 Å². The Balaban J connectivity index is 1.91. The van der Waals surface area contributed by atoms with E-state index in [2.05, 4.69) is 35.3 Å². The van der Waals surface area contributed by atoms with Gasteiger partial charge in [0.1, 0.15) is 5.82 Å². The lowest BCUT2D eigenvalue weighted by atomic mass is 10.0. The summed E-state index contributed by atoms with van der Waals surface area (Å²) in [6, 6.07) is 2.47. The Hall–Kier alpha value is -1.33. The number of hydrogen-bond acceptors (Lipinski definition) is 4. The predicted molar refractivity (Wildman–Crippen MR) is 89.0 cm³/mol. The number of nitrogens with zero attached hydrogens (tertiary/aromatic N) is 3. The van der Waals surface area contributed by atoms with Crippen molar-refractivity contribution in [2.45, 2.75) is 45.7 Å². The minimum atomic E-state index is 0.216. The number of hydrogen-bond donors (Lipinski definition) is 1. The minimum Gasteiger partial charge on any atom is -0.352 e. The summed E-state index contributed by atoms with van der Waals surface area (Å²) in [5.41, 5.74) is 10.1. The van der Waals surface area contributed by atoms with E-state index < -0.39 is 0 Å². The molecule has 4 nitrogen and oxygen atoms in total. The standard InChI is InChI=1S/C16H24N4S/c1-4-13(17)9-14-11(2)18-19(3)16(14)20-7-5-15-12(10-20)6-8-21-15/h6,8,13H,4-5,7,9-10,17H2,1-3H3. The number of aryl methyl sites for hydroxylation is 2. The lowest BCUT2D eigenvalue weighted by molar-refractivity contribution is 0.635. The molecule has 3 rings (SSSR count). The molecule has 2 N–H and O–H groups in total. The lowest BCUT2D eigenvalue weighted by Crippen LogP contribution is -2.32. The molecule has 0 radical (unpaired) electrons. The van der Waals surface area contributed by atoms with Gasteiger partial charge in [-0.15, -0.1) is 11.3 Å². The molecule has 2 aromatic rings. The zero-order valence-corrected chi connectivity index (χ0v) is 13.9. The Bertz CT molecular complexity index is 628. The van der Waals surface area contributed by atoms with Crippen LogP contribution in [0.25, 0.3) is 0 Å². The summed E-state index contributed by atoms with van der Waals surface area (Å²) in [5, 5.41) is 6.84. The van der Waals surface area contributed by atoms with E-state index in [1.807, 2.05) is 23.1 Å². The Morgan fingerprint density at radius 1 is 1.48 bits per heavy atom. The maximum Gasteiger partial charge on any atom is 0.130 e. The van der Waals surface area contributed by atoms with Crippen molar-refractivity contribution in [3.63, 3.8) is 0 Å². The van der Waals surface area contributed by atoms with Crippen LogP contribution in [0.4, 0.5) is 5.82 Å². The maximum absolute atomic E-state index is 6.19. The van der Waals surface area contributed by atoms with E-state index in [1.165, 1.54) is 21.8 Å². The van der Waals surface area contributed by atoms with Crippen molar-refractivity contribution in [3.8, 4) is 0 Å². The summed E-state index contributed by atoms with van der Waals surface area (Å²) in [5.74, 6) is 1.26. The van der Waals surface area contributed by atoms with Gasteiger partial charge in [-0.05, 0) is 43.2 Å². The van der Waals surface area contributed by atoms with E-state index in [1.54, 1.807) is 0 Å². The minimum absolute atomic E-state index is 0.216. The zero-order valence-electron chi connectivity index (χ0n) is 13.1. The van der Waals surface area contributed by atoms with Gasteiger partial charge >= 0.3 is 0 Å². The van der Waals surface area contributed by atoms with Gasteiger partial charge < -0.3 is 10.6 Å². The average Bonchev–Trinajstić information content (AvgIpc) is 3.03. The van der Waals surface area contributed by atoms with Crippen LogP contribution >= 0.6 is 11.3 Å². The van der Waals surface area contributed by atoms with Gasteiger partial charge in [-0.1, -0.05) is 6.92 Å². The molecule has 2 aromatic heterocycles. The molecule has 21 heavy (non-hydrogen) atoms. The lowest BCUT2D eigenvalue weighted by Gasteiger charge is -2.30. The highest BCUT2D eigenvalue weighted by Gasteiger charge is 2.24. The Morgan fingerprint density at radius 2 is 2.29 bits per heavy atom. The summed E-state index contributed by atoms with van der Waals surface area (Å²) in [7, 11) is 2.05. The Morgan fingerprint density at radius 3 is 3.05 bits per heavy atom. The fourth-order valence-corrected chi connectivity index (χ4v) is 4.05. The van der Waals surface area contributed by atoms with Gasteiger partial charge in [0, 0.05) is 36.6 Å². The molecule has 5 heteroatoms. The summed E-state index contributed by atoms with van der Waals surface area (Å²) < 4.78 is 2.03. The fourth-order valence-electron chi connectivity index (χ4n) is 3.16. The van der Waals surface area contributed by atoms with E-state index in [9.17, 15) is 0 Å². The largest absolute Gasteiger partial charge is 0.352 e. The number of aromatic nitrogens is 2. The third kappa shape index (κ3) is 2.72. The highest BCUT2D eigenvalue weighted by Crippen LogP contribution is 2.31. The molecule has 0 fully saturated rings. The SMILES string of the molecule is CCC(N)Cc1c(C)nn(C)c1N1CCc2sccc2C1. The van der Waals surface area contributed by atoms with E-state index in [0.717, 1.165) is 38.0 Å². The van der Waals surface area contributed by atoms with E-state index in [0.29, 0.717) is 0 Å². The second-order valence-electron chi connectivity index (χ2n) is 5.92. The Kier molecular flexibility index (Phi) is 4.04. The molecule has 0 saturated heterocycles. The average molecular weight is 304 g/mol. The van der Waals surface area contributed by atoms with Crippen molar-refractivity contribution in [1.29, 1.82) is 0 Å². The van der Waals surface area contributed by atoms with Gasteiger partial charge in [-0.2, -0.15) is 5.10 Å². The van der Waals surface area contributed by atoms with Crippen LogP contribution in [-0.4, -0.2) is 22.4 Å². The molecular weight excluding hydrogens is 280 g/mol. The first-order valence-electron chi connectivity index (χ1n) is 7.68. The molecular formula is C16H24N4S. The normalized spacial score (nSPS) is 16.1. The van der Waals surface area contributed by atoms with Crippen molar-refractivity contribution in [3.05, 3.63) is 33.1 Å². The predicted octanol–water partition coefficient (Wildman–Crippen LogP) is 2.63. The number of anilines is 1. The topological polar surface area (TPSA) is 47.1 Å². The fraction of sp³-hybridized carbons (Fsp3) is 0.562. The summed E-state index contributed by atoms with van der Waals surface area (Å²) >= 11 is 1.88. The van der Waals surface area contributed by atoms with Crippen molar-refractivity contribution < 1.29 is 0 Å². The molecule has 114 valence electrons. The molecule has 0 spiro atoms. The van der Waals surface area contributed by atoms with Crippen LogP contribution in [0.1, 0.15) is 35.0 Å². The van der Waals surface area contributed by atoms with Crippen molar-refractivity contribution in [2.75, 3.05) is 11.4 Å². The van der Waals surface area contributed by atoms with Crippen LogP contribution in [0, 0.1) is 6.92 Å². The van der Waals surface area contributed by atoms with Crippen molar-refractivity contribution in [1.82, 2.24) is 9.78 Å². The molecule has 1 aliphatic rings. The quantitative estimate of drug-likeness (QED) is 0.944.